The fourth-order valence-corrected chi connectivity index (χ4v) is 2.15. The Kier molecular flexibility index (Phi) is 6.93. The Hall–Kier alpha value is -0.280. The lowest BCUT2D eigenvalue weighted by molar-refractivity contribution is -0.132. The van der Waals surface area contributed by atoms with E-state index >= 15 is 0 Å². The van der Waals surface area contributed by atoms with Crippen LogP contribution in [0.2, 0.25) is 0 Å². The minimum absolute atomic E-state index is 0. The van der Waals surface area contributed by atoms with Crippen LogP contribution in [0.5, 0.6) is 0 Å². The Labute approximate surface area is 92.4 Å². The molecule has 0 radical (unpaired) electrons. The van der Waals surface area contributed by atoms with Crippen molar-refractivity contribution in [2.45, 2.75) is 45.1 Å². The van der Waals surface area contributed by atoms with Gasteiger partial charge in [-0.2, -0.15) is 0 Å². The third-order valence-corrected chi connectivity index (χ3v) is 2.85. The van der Waals surface area contributed by atoms with E-state index in [9.17, 15) is 4.79 Å². The molecule has 14 heavy (non-hydrogen) atoms. The number of likely N-dealkylation sites (N-methyl/N-ethyl adjacent to an activating group) is 1. The summed E-state index contributed by atoms with van der Waals surface area (Å²) in [6, 6.07) is 0.467. The first-order valence-electron chi connectivity index (χ1n) is 5.29. The Balaban J connectivity index is 0.00000169. The highest BCUT2D eigenvalue weighted by Crippen LogP contribution is 2.22. The molecule has 0 saturated heterocycles. The van der Waals surface area contributed by atoms with Crippen molar-refractivity contribution in [3.05, 3.63) is 0 Å². The van der Waals surface area contributed by atoms with Crippen LogP contribution in [0.4, 0.5) is 0 Å². The van der Waals surface area contributed by atoms with Crippen LogP contribution in [0.25, 0.3) is 0 Å². The summed E-state index contributed by atoms with van der Waals surface area (Å²) in [4.78, 5) is 13.4. The maximum atomic E-state index is 11.4. The molecule has 1 aliphatic rings. The van der Waals surface area contributed by atoms with Gasteiger partial charge in [0.15, 0.2) is 0 Å². The van der Waals surface area contributed by atoms with E-state index in [0.717, 1.165) is 6.54 Å². The zero-order valence-electron chi connectivity index (χ0n) is 8.87. The van der Waals surface area contributed by atoms with Crippen molar-refractivity contribution in [2.75, 3.05) is 13.1 Å². The number of hydrogen-bond donors (Lipinski definition) is 1. The van der Waals surface area contributed by atoms with Crippen LogP contribution in [0.3, 0.4) is 0 Å². The summed E-state index contributed by atoms with van der Waals surface area (Å²) in [6.45, 7) is 2.99. The molecule has 84 valence electrons. The van der Waals surface area contributed by atoms with Crippen LogP contribution in [-0.2, 0) is 4.79 Å². The van der Waals surface area contributed by atoms with Crippen molar-refractivity contribution in [1.29, 1.82) is 0 Å². The number of amides is 1. The lowest BCUT2D eigenvalue weighted by Gasteiger charge is -2.33. The van der Waals surface area contributed by atoms with E-state index in [-0.39, 0.29) is 24.9 Å². The molecule has 2 N–H and O–H groups in total. The molecule has 3 nitrogen and oxygen atoms in total. The summed E-state index contributed by atoms with van der Waals surface area (Å²) in [7, 11) is 0. The Morgan fingerprint density at radius 1 is 1.36 bits per heavy atom. The van der Waals surface area contributed by atoms with Crippen LogP contribution in [-0.4, -0.2) is 29.9 Å². The minimum atomic E-state index is 0. The molecule has 0 aromatic heterocycles. The van der Waals surface area contributed by atoms with Crippen molar-refractivity contribution in [1.82, 2.24) is 4.90 Å². The van der Waals surface area contributed by atoms with Gasteiger partial charge in [0, 0.05) is 12.6 Å². The van der Waals surface area contributed by atoms with Crippen molar-refractivity contribution in [3.8, 4) is 0 Å². The molecule has 0 aromatic carbocycles. The maximum absolute atomic E-state index is 11.4. The standard InChI is InChI=1S/C10H20N2O.ClH/c1-2-12(10(13)8-11)9-6-4-3-5-7-9;/h9H,2-8,11H2,1H3;1H. The van der Waals surface area contributed by atoms with Crippen molar-refractivity contribution in [2.24, 2.45) is 5.73 Å². The number of hydrogen-bond acceptors (Lipinski definition) is 2. The molecule has 1 aliphatic carbocycles. The highest BCUT2D eigenvalue weighted by molar-refractivity contribution is 5.85. The molecular formula is C10H21ClN2O. The second kappa shape index (κ2) is 7.07. The SMILES string of the molecule is CCN(C(=O)CN)C1CCCCC1.Cl. The molecule has 0 spiro atoms. The zero-order chi connectivity index (χ0) is 9.68. The highest BCUT2D eigenvalue weighted by Gasteiger charge is 2.22. The molecule has 4 heteroatoms. The summed E-state index contributed by atoms with van der Waals surface area (Å²) in [5.74, 6) is 0.106. The van der Waals surface area contributed by atoms with Crippen LogP contribution in [0, 0.1) is 0 Å². The number of nitrogens with two attached hydrogens (primary N) is 1. The molecule has 0 unspecified atom stereocenters. The van der Waals surface area contributed by atoms with E-state index in [4.69, 9.17) is 5.73 Å². The van der Waals surface area contributed by atoms with Crippen LogP contribution in [0.15, 0.2) is 0 Å². The first kappa shape index (κ1) is 13.7. The van der Waals surface area contributed by atoms with E-state index in [1.165, 1.54) is 32.1 Å². The molecule has 0 aromatic rings. The van der Waals surface area contributed by atoms with Gasteiger partial charge in [-0.3, -0.25) is 4.79 Å². The van der Waals surface area contributed by atoms with Gasteiger partial charge in [-0.25, -0.2) is 0 Å². The third-order valence-electron chi connectivity index (χ3n) is 2.85. The molecule has 1 amide bonds. The van der Waals surface area contributed by atoms with Crippen molar-refractivity contribution < 1.29 is 4.79 Å². The first-order chi connectivity index (χ1) is 6.29. The predicted octanol–water partition coefficient (Wildman–Crippen LogP) is 1.55. The van der Waals surface area contributed by atoms with Crippen molar-refractivity contribution >= 4 is 18.3 Å². The van der Waals surface area contributed by atoms with Gasteiger partial charge in [0.2, 0.25) is 5.91 Å². The van der Waals surface area contributed by atoms with E-state index in [1.807, 2.05) is 11.8 Å². The van der Waals surface area contributed by atoms with E-state index in [1.54, 1.807) is 0 Å². The number of carbonyl (C=O) groups excluding carboxylic acids is 1. The second-order valence-electron chi connectivity index (χ2n) is 3.68. The summed E-state index contributed by atoms with van der Waals surface area (Å²) >= 11 is 0. The predicted molar refractivity (Wildman–Crippen MR) is 60.6 cm³/mol. The minimum Gasteiger partial charge on any atom is -0.339 e. The molecule has 1 fully saturated rings. The summed E-state index contributed by atoms with van der Waals surface area (Å²) < 4.78 is 0. The molecule has 0 bridgehead atoms. The summed E-state index contributed by atoms with van der Waals surface area (Å²) in [6.07, 6.45) is 6.18. The second-order valence-corrected chi connectivity index (χ2v) is 3.68. The molecule has 1 saturated carbocycles. The molecule has 1 rings (SSSR count). The fourth-order valence-electron chi connectivity index (χ4n) is 2.15. The van der Waals surface area contributed by atoms with Gasteiger partial charge in [-0.05, 0) is 19.8 Å². The Morgan fingerprint density at radius 3 is 2.36 bits per heavy atom. The van der Waals surface area contributed by atoms with E-state index < -0.39 is 0 Å². The largest absolute Gasteiger partial charge is 0.339 e. The third kappa shape index (κ3) is 3.46. The van der Waals surface area contributed by atoms with E-state index in [0.29, 0.717) is 6.04 Å². The Morgan fingerprint density at radius 2 is 1.93 bits per heavy atom. The quantitative estimate of drug-likeness (QED) is 0.785. The average Bonchev–Trinajstić information content (AvgIpc) is 2.20. The highest BCUT2D eigenvalue weighted by atomic mass is 35.5. The van der Waals surface area contributed by atoms with Crippen LogP contribution >= 0.6 is 12.4 Å². The first-order valence-corrected chi connectivity index (χ1v) is 5.29. The number of halogens is 1. The normalized spacial score (nSPS) is 17.3. The van der Waals surface area contributed by atoms with Gasteiger partial charge in [0.25, 0.3) is 0 Å². The maximum Gasteiger partial charge on any atom is 0.236 e. The Bertz CT molecular complexity index is 170. The van der Waals surface area contributed by atoms with Crippen LogP contribution in [0.1, 0.15) is 39.0 Å². The molecule has 0 heterocycles. The number of nitrogens with zero attached hydrogens (tertiary/aromatic N) is 1. The van der Waals surface area contributed by atoms with Crippen LogP contribution < -0.4 is 5.73 Å². The molecule has 0 atom stereocenters. The van der Waals surface area contributed by atoms with Gasteiger partial charge < -0.3 is 10.6 Å². The summed E-state index contributed by atoms with van der Waals surface area (Å²) in [5, 5.41) is 0. The van der Waals surface area contributed by atoms with Crippen molar-refractivity contribution in [3.63, 3.8) is 0 Å². The molecule has 0 aliphatic heterocycles. The monoisotopic (exact) mass is 220 g/mol. The van der Waals surface area contributed by atoms with Gasteiger partial charge >= 0.3 is 0 Å². The van der Waals surface area contributed by atoms with Gasteiger partial charge in [-0.1, -0.05) is 19.3 Å². The average molecular weight is 221 g/mol. The topological polar surface area (TPSA) is 46.3 Å². The lowest BCUT2D eigenvalue weighted by Crippen LogP contribution is -2.44. The zero-order valence-corrected chi connectivity index (χ0v) is 9.68. The van der Waals surface area contributed by atoms with Gasteiger partial charge in [-0.15, -0.1) is 12.4 Å². The van der Waals surface area contributed by atoms with Gasteiger partial charge in [0.05, 0.1) is 6.54 Å². The smallest absolute Gasteiger partial charge is 0.236 e. The number of carbonyl (C=O) groups is 1. The fraction of sp³-hybridized carbons (Fsp3) is 0.900. The number of rotatable bonds is 3. The van der Waals surface area contributed by atoms with Gasteiger partial charge in [0.1, 0.15) is 0 Å². The lowest BCUT2D eigenvalue weighted by atomic mass is 9.94. The van der Waals surface area contributed by atoms with E-state index in [2.05, 4.69) is 0 Å². The summed E-state index contributed by atoms with van der Waals surface area (Å²) in [5.41, 5.74) is 5.36. The molecular weight excluding hydrogens is 200 g/mol.